The average Bonchev–Trinajstić information content (AvgIpc) is 3.42. The molecule has 0 bridgehead atoms. The Kier molecular flexibility index (Phi) is 6.68. The Hall–Kier alpha value is -3.18. The standard InChI is InChI=1S/C28H32N2O3/c1-31-25-13-9-10-22(18-25)27-21-33-28-15-6-5-14-26(28)30(27)19-23(29-16-7-8-17-29)20-32-24-11-3-2-4-12-24/h2-6,9-15,18,23,27H,7-8,16-17,19-21H2,1H3. The van der Waals surface area contributed by atoms with E-state index in [9.17, 15) is 0 Å². The van der Waals surface area contributed by atoms with Gasteiger partial charge in [0.15, 0.2) is 0 Å². The minimum atomic E-state index is 0.108. The van der Waals surface area contributed by atoms with Gasteiger partial charge in [-0.1, -0.05) is 42.5 Å². The van der Waals surface area contributed by atoms with Crippen molar-refractivity contribution in [3.05, 3.63) is 84.4 Å². The predicted molar refractivity (Wildman–Crippen MR) is 132 cm³/mol. The number of hydrogen-bond donors (Lipinski definition) is 0. The maximum Gasteiger partial charge on any atom is 0.142 e. The van der Waals surface area contributed by atoms with Crippen molar-refractivity contribution in [3.63, 3.8) is 0 Å². The lowest BCUT2D eigenvalue weighted by molar-refractivity contribution is 0.155. The van der Waals surface area contributed by atoms with Gasteiger partial charge in [0.2, 0.25) is 0 Å². The van der Waals surface area contributed by atoms with Gasteiger partial charge < -0.3 is 19.1 Å². The molecule has 0 saturated carbocycles. The largest absolute Gasteiger partial charge is 0.497 e. The summed E-state index contributed by atoms with van der Waals surface area (Å²) in [6, 6.07) is 27.2. The molecule has 0 aromatic heterocycles. The summed E-state index contributed by atoms with van der Waals surface area (Å²) in [5.74, 6) is 2.74. The van der Waals surface area contributed by atoms with E-state index in [1.165, 1.54) is 18.4 Å². The van der Waals surface area contributed by atoms with Gasteiger partial charge in [-0.05, 0) is 67.9 Å². The summed E-state index contributed by atoms with van der Waals surface area (Å²) in [4.78, 5) is 5.09. The molecule has 5 nitrogen and oxygen atoms in total. The van der Waals surface area contributed by atoms with E-state index in [4.69, 9.17) is 14.2 Å². The van der Waals surface area contributed by atoms with Crippen LogP contribution in [-0.4, -0.2) is 50.9 Å². The van der Waals surface area contributed by atoms with E-state index >= 15 is 0 Å². The number of methoxy groups -OCH3 is 1. The van der Waals surface area contributed by atoms with Gasteiger partial charge in [0.1, 0.15) is 30.5 Å². The van der Waals surface area contributed by atoms with E-state index in [0.29, 0.717) is 13.2 Å². The molecule has 2 heterocycles. The van der Waals surface area contributed by atoms with Gasteiger partial charge in [0, 0.05) is 6.54 Å². The van der Waals surface area contributed by atoms with Gasteiger partial charge in [-0.15, -0.1) is 0 Å². The number of ether oxygens (including phenoxy) is 3. The Labute approximate surface area is 196 Å². The van der Waals surface area contributed by atoms with E-state index in [-0.39, 0.29) is 12.1 Å². The van der Waals surface area contributed by atoms with Crippen LogP contribution in [0.1, 0.15) is 24.4 Å². The fourth-order valence-corrected chi connectivity index (χ4v) is 4.91. The van der Waals surface area contributed by atoms with E-state index in [2.05, 4.69) is 46.2 Å². The van der Waals surface area contributed by atoms with Crippen LogP contribution in [0, 0.1) is 0 Å². The van der Waals surface area contributed by atoms with Gasteiger partial charge in [-0.3, -0.25) is 4.90 Å². The lowest BCUT2D eigenvalue weighted by atomic mass is 10.0. The average molecular weight is 445 g/mol. The fourth-order valence-electron chi connectivity index (χ4n) is 4.91. The normalized spacial score (nSPS) is 18.9. The molecule has 33 heavy (non-hydrogen) atoms. The molecule has 3 aromatic rings. The van der Waals surface area contributed by atoms with Crippen molar-refractivity contribution in [2.75, 3.05) is 44.9 Å². The summed E-state index contributed by atoms with van der Waals surface area (Å²) in [6.07, 6.45) is 2.50. The van der Waals surface area contributed by atoms with Gasteiger partial charge >= 0.3 is 0 Å². The van der Waals surface area contributed by atoms with Crippen LogP contribution in [0.25, 0.3) is 0 Å². The number of fused-ring (bicyclic) bond motifs is 1. The molecule has 2 unspecified atom stereocenters. The SMILES string of the molecule is COc1cccc(C2COc3ccccc3N2CC(COc2ccccc2)N2CCCC2)c1. The van der Waals surface area contributed by atoms with Crippen LogP contribution in [0.5, 0.6) is 17.2 Å². The van der Waals surface area contributed by atoms with Crippen molar-refractivity contribution in [1.29, 1.82) is 0 Å². The second-order valence-electron chi connectivity index (χ2n) is 8.74. The van der Waals surface area contributed by atoms with Crippen molar-refractivity contribution in [3.8, 4) is 17.2 Å². The van der Waals surface area contributed by atoms with Gasteiger partial charge in [0.25, 0.3) is 0 Å². The number of likely N-dealkylation sites (tertiary alicyclic amines) is 1. The quantitative estimate of drug-likeness (QED) is 0.478. The molecule has 0 radical (unpaired) electrons. The lowest BCUT2D eigenvalue weighted by Gasteiger charge is -2.42. The second-order valence-corrected chi connectivity index (χ2v) is 8.74. The van der Waals surface area contributed by atoms with Crippen molar-refractivity contribution in [1.82, 2.24) is 4.90 Å². The number of para-hydroxylation sites is 3. The van der Waals surface area contributed by atoms with Crippen molar-refractivity contribution >= 4 is 5.69 Å². The molecule has 0 N–H and O–H groups in total. The van der Waals surface area contributed by atoms with Crippen LogP contribution >= 0.6 is 0 Å². The monoisotopic (exact) mass is 444 g/mol. The van der Waals surface area contributed by atoms with Crippen LogP contribution in [0.15, 0.2) is 78.9 Å². The van der Waals surface area contributed by atoms with Crippen molar-refractivity contribution < 1.29 is 14.2 Å². The molecule has 2 aliphatic rings. The highest BCUT2D eigenvalue weighted by atomic mass is 16.5. The molecule has 0 spiro atoms. The first-order valence-electron chi connectivity index (χ1n) is 11.9. The zero-order chi connectivity index (χ0) is 22.5. The zero-order valence-corrected chi connectivity index (χ0v) is 19.2. The van der Waals surface area contributed by atoms with Crippen molar-refractivity contribution in [2.45, 2.75) is 24.9 Å². The molecule has 3 aromatic carbocycles. The zero-order valence-electron chi connectivity index (χ0n) is 19.2. The summed E-state index contributed by atoms with van der Waals surface area (Å²) in [7, 11) is 1.72. The summed E-state index contributed by atoms with van der Waals surface area (Å²) < 4.78 is 18.0. The smallest absolute Gasteiger partial charge is 0.142 e. The highest BCUT2D eigenvalue weighted by Crippen LogP contribution is 2.40. The maximum atomic E-state index is 6.27. The van der Waals surface area contributed by atoms with Crippen LogP contribution in [0.4, 0.5) is 5.69 Å². The molecule has 1 saturated heterocycles. The first kappa shape index (κ1) is 21.7. The van der Waals surface area contributed by atoms with Crippen molar-refractivity contribution in [2.24, 2.45) is 0 Å². The Morgan fingerprint density at radius 3 is 2.48 bits per heavy atom. The highest BCUT2D eigenvalue weighted by Gasteiger charge is 2.33. The molecule has 0 amide bonds. The minimum absolute atomic E-state index is 0.108. The van der Waals surface area contributed by atoms with Crippen LogP contribution in [0.2, 0.25) is 0 Å². The van der Waals surface area contributed by atoms with E-state index in [1.54, 1.807) is 7.11 Å². The Balaban J connectivity index is 1.44. The molecule has 0 aliphatic carbocycles. The van der Waals surface area contributed by atoms with E-state index in [1.807, 2.05) is 42.5 Å². The molecule has 2 aliphatic heterocycles. The van der Waals surface area contributed by atoms with Gasteiger partial charge in [-0.2, -0.15) is 0 Å². The summed E-state index contributed by atoms with van der Waals surface area (Å²) in [5, 5.41) is 0. The lowest BCUT2D eigenvalue weighted by Crippen LogP contribution is -2.49. The molecule has 5 rings (SSSR count). The van der Waals surface area contributed by atoms with E-state index < -0.39 is 0 Å². The third kappa shape index (κ3) is 4.93. The van der Waals surface area contributed by atoms with E-state index in [0.717, 1.165) is 42.6 Å². The third-order valence-electron chi connectivity index (χ3n) is 6.68. The summed E-state index contributed by atoms with van der Waals surface area (Å²) >= 11 is 0. The van der Waals surface area contributed by atoms with Crippen LogP contribution in [-0.2, 0) is 0 Å². The number of rotatable bonds is 8. The molecule has 172 valence electrons. The number of benzene rings is 3. The van der Waals surface area contributed by atoms with Gasteiger partial charge in [0.05, 0.1) is 24.9 Å². The topological polar surface area (TPSA) is 34.2 Å². The number of hydrogen-bond acceptors (Lipinski definition) is 5. The van der Waals surface area contributed by atoms with Gasteiger partial charge in [-0.25, -0.2) is 0 Å². The molecule has 2 atom stereocenters. The van der Waals surface area contributed by atoms with Crippen LogP contribution in [0.3, 0.4) is 0 Å². The Morgan fingerprint density at radius 1 is 0.909 bits per heavy atom. The summed E-state index contributed by atoms with van der Waals surface area (Å²) in [6.45, 7) is 4.39. The minimum Gasteiger partial charge on any atom is -0.497 e. The molecule has 5 heteroatoms. The second kappa shape index (κ2) is 10.2. The first-order chi connectivity index (χ1) is 16.3. The Bertz CT molecular complexity index is 1040. The third-order valence-corrected chi connectivity index (χ3v) is 6.68. The number of nitrogens with zero attached hydrogens (tertiary/aromatic N) is 2. The maximum absolute atomic E-state index is 6.27. The first-order valence-corrected chi connectivity index (χ1v) is 11.9. The molecule has 1 fully saturated rings. The molecular formula is C28H32N2O3. The van der Waals surface area contributed by atoms with Crippen LogP contribution < -0.4 is 19.1 Å². The predicted octanol–water partition coefficient (Wildman–Crippen LogP) is 5.18. The Morgan fingerprint density at radius 2 is 1.67 bits per heavy atom. The number of anilines is 1. The fraction of sp³-hybridized carbons (Fsp3) is 0.357. The highest BCUT2D eigenvalue weighted by molar-refractivity contribution is 5.62. The summed E-state index contributed by atoms with van der Waals surface area (Å²) in [5.41, 5.74) is 2.34. The molecular weight excluding hydrogens is 412 g/mol.